The molecule has 1 saturated heterocycles. The molecule has 0 unspecified atom stereocenters. The second-order valence-electron chi connectivity index (χ2n) is 8.26. The number of thiophene rings is 1. The van der Waals surface area contributed by atoms with Crippen molar-refractivity contribution in [3.63, 3.8) is 0 Å². The first kappa shape index (κ1) is 24.0. The molecule has 1 aromatic carbocycles. The number of rotatable bonds is 9. The van der Waals surface area contributed by atoms with Crippen LogP contribution in [-0.2, 0) is 25.5 Å². The summed E-state index contributed by atoms with van der Waals surface area (Å²) < 4.78 is 16.8. The summed E-state index contributed by atoms with van der Waals surface area (Å²) in [6.07, 6.45) is 2.63. The van der Waals surface area contributed by atoms with E-state index in [0.717, 1.165) is 24.8 Å². The number of methoxy groups -OCH3 is 1. The van der Waals surface area contributed by atoms with Gasteiger partial charge in [-0.2, -0.15) is 0 Å². The lowest BCUT2D eigenvalue weighted by atomic mass is 10.0. The van der Waals surface area contributed by atoms with Crippen LogP contribution in [0.15, 0.2) is 35.7 Å². The van der Waals surface area contributed by atoms with Crippen molar-refractivity contribution in [1.82, 2.24) is 9.80 Å². The van der Waals surface area contributed by atoms with E-state index in [9.17, 15) is 9.59 Å². The molecule has 7 nitrogen and oxygen atoms in total. The fourth-order valence-electron chi connectivity index (χ4n) is 4.34. The topological polar surface area (TPSA) is 68.3 Å². The van der Waals surface area contributed by atoms with Gasteiger partial charge in [-0.25, -0.2) is 0 Å². The van der Waals surface area contributed by atoms with E-state index in [2.05, 4.69) is 11.4 Å². The second-order valence-corrected chi connectivity index (χ2v) is 9.70. The van der Waals surface area contributed by atoms with Crippen molar-refractivity contribution in [2.45, 2.75) is 31.4 Å². The number of nitrogens with zero attached hydrogens (tertiary/aromatic N) is 2. The molecule has 2 aliphatic rings. The van der Waals surface area contributed by atoms with Gasteiger partial charge in [-0.05, 0) is 60.5 Å². The van der Waals surface area contributed by atoms with Gasteiger partial charge in [0.1, 0.15) is 19.0 Å². The average molecular weight is 493 g/mol. The van der Waals surface area contributed by atoms with E-state index >= 15 is 0 Å². The van der Waals surface area contributed by atoms with Crippen molar-refractivity contribution in [2.24, 2.45) is 0 Å². The first-order valence-corrected chi connectivity index (χ1v) is 12.4. The fourth-order valence-corrected chi connectivity index (χ4v) is 5.39. The smallest absolute Gasteiger partial charge is 0.249 e. The van der Waals surface area contributed by atoms with Gasteiger partial charge >= 0.3 is 0 Å². The number of hydrogen-bond donors (Lipinski definition) is 0. The van der Waals surface area contributed by atoms with E-state index in [1.807, 2.05) is 17.0 Å². The summed E-state index contributed by atoms with van der Waals surface area (Å²) in [5.74, 6) is 0.395. The summed E-state index contributed by atoms with van der Waals surface area (Å²) in [6.45, 7) is 1.96. The lowest BCUT2D eigenvalue weighted by molar-refractivity contribution is -0.145. The molecule has 0 radical (unpaired) electrons. The predicted octanol–water partition coefficient (Wildman–Crippen LogP) is 3.56. The monoisotopic (exact) mass is 492 g/mol. The highest BCUT2D eigenvalue weighted by molar-refractivity contribution is 7.10. The molecule has 1 fully saturated rings. The first-order chi connectivity index (χ1) is 16.0. The van der Waals surface area contributed by atoms with Crippen LogP contribution in [0.1, 0.15) is 29.3 Å². The maximum atomic E-state index is 13.5. The van der Waals surface area contributed by atoms with Crippen LogP contribution in [0.25, 0.3) is 0 Å². The number of ether oxygens (including phenoxy) is 3. The normalized spacial score (nSPS) is 19.9. The van der Waals surface area contributed by atoms with Gasteiger partial charge in [0.2, 0.25) is 11.8 Å². The van der Waals surface area contributed by atoms with Gasteiger partial charge in [0.15, 0.2) is 0 Å². The third kappa shape index (κ3) is 6.06. The molecule has 0 bridgehead atoms. The zero-order valence-corrected chi connectivity index (χ0v) is 20.3. The Bertz CT molecular complexity index is 945. The quantitative estimate of drug-likeness (QED) is 0.535. The highest BCUT2D eigenvalue weighted by Crippen LogP contribution is 2.34. The maximum absolute atomic E-state index is 13.5. The number of amides is 2. The van der Waals surface area contributed by atoms with Crippen LogP contribution in [0.4, 0.5) is 0 Å². The minimum Gasteiger partial charge on any atom is -0.491 e. The van der Waals surface area contributed by atoms with E-state index in [0.29, 0.717) is 37.1 Å². The van der Waals surface area contributed by atoms with Crippen LogP contribution >= 0.6 is 22.9 Å². The van der Waals surface area contributed by atoms with Crippen molar-refractivity contribution < 1.29 is 23.8 Å². The van der Waals surface area contributed by atoms with E-state index in [-0.39, 0.29) is 37.1 Å². The van der Waals surface area contributed by atoms with Crippen LogP contribution < -0.4 is 4.74 Å². The number of carbonyl (C=O) groups is 2. The number of carbonyl (C=O) groups excluding carboxylic acids is 2. The van der Waals surface area contributed by atoms with Crippen molar-refractivity contribution in [3.8, 4) is 5.75 Å². The summed E-state index contributed by atoms with van der Waals surface area (Å²) in [5, 5.41) is 2.70. The Morgan fingerprint density at radius 2 is 2.09 bits per heavy atom. The molecule has 178 valence electrons. The summed E-state index contributed by atoms with van der Waals surface area (Å²) in [4.78, 5) is 30.8. The van der Waals surface area contributed by atoms with Crippen LogP contribution in [0.3, 0.4) is 0 Å². The minimum absolute atomic E-state index is 0.00102. The third-order valence-electron chi connectivity index (χ3n) is 6.03. The number of benzene rings is 1. The van der Waals surface area contributed by atoms with Crippen LogP contribution in [0, 0.1) is 0 Å². The van der Waals surface area contributed by atoms with Gasteiger partial charge in [0.05, 0.1) is 18.7 Å². The summed E-state index contributed by atoms with van der Waals surface area (Å²) in [6, 6.07) is 9.04. The number of hydrogen-bond acceptors (Lipinski definition) is 6. The largest absolute Gasteiger partial charge is 0.491 e. The van der Waals surface area contributed by atoms with Crippen molar-refractivity contribution in [3.05, 3.63) is 51.2 Å². The zero-order valence-electron chi connectivity index (χ0n) is 18.7. The lowest BCUT2D eigenvalue weighted by Gasteiger charge is -2.37. The molecule has 3 heterocycles. The standard InChI is InChI=1S/C24H29ClN2O5S/c1-30-16-24(29)26(13-19-3-2-11-31-19)14-23(28)27-10-8-22-20(9-12-33-22)21(27)15-32-18-6-4-17(25)5-7-18/h4-7,9,12,19,21H,2-3,8,10-11,13-16H2,1H3/t19-,21-/m1/s1. The Kier molecular flexibility index (Phi) is 8.25. The highest BCUT2D eigenvalue weighted by Gasteiger charge is 2.34. The van der Waals surface area contributed by atoms with Gasteiger partial charge in [-0.15, -0.1) is 11.3 Å². The highest BCUT2D eigenvalue weighted by atomic mass is 35.5. The zero-order chi connectivity index (χ0) is 23.2. The summed E-state index contributed by atoms with van der Waals surface area (Å²) in [5.41, 5.74) is 1.11. The Morgan fingerprint density at radius 1 is 1.27 bits per heavy atom. The van der Waals surface area contributed by atoms with Crippen LogP contribution in [0.5, 0.6) is 5.75 Å². The summed E-state index contributed by atoms with van der Waals surface area (Å²) in [7, 11) is 1.48. The second kappa shape index (κ2) is 11.3. The van der Waals surface area contributed by atoms with Crippen LogP contribution in [0.2, 0.25) is 5.02 Å². The van der Waals surface area contributed by atoms with Crippen molar-refractivity contribution >= 4 is 34.8 Å². The van der Waals surface area contributed by atoms with Crippen molar-refractivity contribution in [2.75, 3.05) is 46.6 Å². The van der Waals surface area contributed by atoms with Gasteiger partial charge in [0.25, 0.3) is 0 Å². The molecule has 2 amide bonds. The lowest BCUT2D eigenvalue weighted by Crippen LogP contribution is -2.49. The maximum Gasteiger partial charge on any atom is 0.249 e. The first-order valence-electron chi connectivity index (χ1n) is 11.2. The Morgan fingerprint density at radius 3 is 2.82 bits per heavy atom. The molecular formula is C24H29ClN2O5S. The predicted molar refractivity (Wildman–Crippen MR) is 127 cm³/mol. The molecule has 2 aliphatic heterocycles. The van der Waals surface area contributed by atoms with E-state index in [1.54, 1.807) is 28.4 Å². The molecule has 33 heavy (non-hydrogen) atoms. The van der Waals surface area contributed by atoms with Gasteiger partial charge < -0.3 is 24.0 Å². The molecule has 0 aliphatic carbocycles. The Balaban J connectivity index is 1.48. The molecule has 1 aromatic heterocycles. The Labute approximate surface area is 203 Å². The Hall–Kier alpha value is -2.13. The number of fused-ring (bicyclic) bond motifs is 1. The molecule has 0 N–H and O–H groups in total. The van der Waals surface area contributed by atoms with Gasteiger partial charge in [-0.3, -0.25) is 9.59 Å². The van der Waals surface area contributed by atoms with Crippen molar-refractivity contribution in [1.29, 1.82) is 0 Å². The molecular weight excluding hydrogens is 464 g/mol. The third-order valence-corrected chi connectivity index (χ3v) is 7.28. The SMILES string of the molecule is COCC(=O)N(CC(=O)N1CCc2sccc2[C@H]1COc1ccc(Cl)cc1)C[C@H]1CCCO1. The summed E-state index contributed by atoms with van der Waals surface area (Å²) >= 11 is 7.68. The average Bonchev–Trinajstić information content (AvgIpc) is 3.50. The molecule has 2 aromatic rings. The minimum atomic E-state index is -0.217. The van der Waals surface area contributed by atoms with Crippen LogP contribution in [-0.4, -0.2) is 74.3 Å². The molecule has 2 atom stereocenters. The molecule has 9 heteroatoms. The molecule has 4 rings (SSSR count). The number of halogens is 1. The van der Waals surface area contributed by atoms with E-state index in [1.165, 1.54) is 12.0 Å². The van der Waals surface area contributed by atoms with Gasteiger partial charge in [-0.1, -0.05) is 11.6 Å². The fraction of sp³-hybridized carbons (Fsp3) is 0.500. The van der Waals surface area contributed by atoms with Gasteiger partial charge in [0, 0.05) is 36.7 Å². The van der Waals surface area contributed by atoms with E-state index in [4.69, 9.17) is 25.8 Å². The molecule has 0 saturated carbocycles. The van der Waals surface area contributed by atoms with E-state index < -0.39 is 0 Å². The molecule has 0 spiro atoms.